The first-order valence-electron chi connectivity index (χ1n) is 6.54. The summed E-state index contributed by atoms with van der Waals surface area (Å²) >= 11 is 0. The molecule has 0 bridgehead atoms. The normalized spacial score (nSPS) is 18.0. The molecule has 0 spiro atoms. The average molecular weight is 347 g/mol. The van der Waals surface area contributed by atoms with Crippen LogP contribution < -0.4 is 15.4 Å². The Morgan fingerprint density at radius 3 is 2.73 bits per heavy atom. The Morgan fingerprint density at radius 1 is 1.36 bits per heavy atom. The maximum atomic E-state index is 11.9. The first-order valence-corrected chi connectivity index (χ1v) is 8.03. The van der Waals surface area contributed by atoms with E-state index in [1.54, 1.807) is 25.2 Å². The molecule has 1 unspecified atom stereocenters. The van der Waals surface area contributed by atoms with Crippen LogP contribution in [0.1, 0.15) is 12.5 Å². The lowest BCUT2D eigenvalue weighted by molar-refractivity contribution is -0.119. The number of amides is 1. The Kier molecular flexibility index (Phi) is 6.34. The van der Waals surface area contributed by atoms with Gasteiger partial charge in [0, 0.05) is 18.2 Å². The molecule has 22 heavy (non-hydrogen) atoms. The van der Waals surface area contributed by atoms with Crippen LogP contribution in [0.4, 0.5) is 0 Å². The van der Waals surface area contributed by atoms with E-state index in [1.165, 1.54) is 6.07 Å². The van der Waals surface area contributed by atoms with Crippen LogP contribution in [0.5, 0.6) is 0 Å². The summed E-state index contributed by atoms with van der Waals surface area (Å²) in [6.07, 6.45) is 0. The zero-order chi connectivity index (χ0) is 15.5. The highest BCUT2D eigenvalue weighted by Crippen LogP contribution is 2.21. The second-order valence-corrected chi connectivity index (χ2v) is 6.41. The topological polar surface area (TPSA) is 99.7 Å². The molecule has 1 aromatic rings. The second kappa shape index (κ2) is 7.57. The fourth-order valence-electron chi connectivity index (χ4n) is 1.83. The molecule has 3 N–H and O–H groups in total. The Bertz CT molecular complexity index is 676. The Labute approximate surface area is 136 Å². The summed E-state index contributed by atoms with van der Waals surface area (Å²) in [5, 5.41) is 5.72. The van der Waals surface area contributed by atoms with Crippen molar-refractivity contribution in [3.63, 3.8) is 0 Å². The molecule has 0 saturated heterocycles. The van der Waals surface area contributed by atoms with Crippen molar-refractivity contribution >= 4 is 34.2 Å². The minimum atomic E-state index is -3.55. The highest BCUT2D eigenvalue weighted by Gasteiger charge is 2.30. The molecule has 0 aromatic heterocycles. The number of hydrogen-bond acceptors (Lipinski definition) is 5. The minimum Gasteiger partial charge on any atom is -0.353 e. The first-order chi connectivity index (χ1) is 9.94. The van der Waals surface area contributed by atoms with E-state index in [-0.39, 0.29) is 41.6 Å². The lowest BCUT2D eigenvalue weighted by Gasteiger charge is -2.10. The van der Waals surface area contributed by atoms with E-state index in [2.05, 4.69) is 20.3 Å². The largest absolute Gasteiger partial charge is 0.353 e. The fraction of sp³-hybridized carbons (Fsp3) is 0.385. The van der Waals surface area contributed by atoms with Crippen molar-refractivity contribution in [3.05, 3.63) is 29.8 Å². The number of benzene rings is 1. The molecule has 7 nitrogen and oxygen atoms in total. The van der Waals surface area contributed by atoms with Gasteiger partial charge in [-0.25, -0.2) is 8.42 Å². The molecular formula is C13H19ClN4O3S. The maximum Gasteiger partial charge on any atom is 0.263 e. The number of carbonyl (C=O) groups excluding carboxylic acids is 1. The quantitative estimate of drug-likeness (QED) is 0.691. The van der Waals surface area contributed by atoms with Gasteiger partial charge in [0.25, 0.3) is 10.0 Å². The van der Waals surface area contributed by atoms with Gasteiger partial charge in [0.05, 0.1) is 4.90 Å². The maximum absolute atomic E-state index is 11.9. The molecule has 0 fully saturated rings. The standard InChI is InChI=1S/C13H18N4O3S.ClH/c1-9(14-2)7-15-12(18)8-16-13-10-5-3-4-6-11(10)21(19,20)17-13;/h3-6,9,14H,7-8H2,1-2H3,(H,15,18)(H,16,17);1H. The Hall–Kier alpha value is -1.64. The number of carbonyl (C=O) groups is 1. The van der Waals surface area contributed by atoms with Crippen molar-refractivity contribution in [1.82, 2.24) is 15.4 Å². The number of rotatable bonds is 5. The number of hydrogen-bond donors (Lipinski definition) is 3. The predicted octanol–water partition coefficient (Wildman–Crippen LogP) is -0.129. The smallest absolute Gasteiger partial charge is 0.263 e. The summed E-state index contributed by atoms with van der Waals surface area (Å²) in [5.41, 5.74) is 0.494. The summed E-state index contributed by atoms with van der Waals surface area (Å²) in [7, 11) is -1.75. The highest BCUT2D eigenvalue weighted by molar-refractivity contribution is 7.90. The van der Waals surface area contributed by atoms with E-state index < -0.39 is 10.0 Å². The van der Waals surface area contributed by atoms with Crippen molar-refractivity contribution < 1.29 is 13.2 Å². The molecule has 1 heterocycles. The van der Waals surface area contributed by atoms with Crippen molar-refractivity contribution in [2.75, 3.05) is 20.1 Å². The number of nitrogens with one attached hydrogen (secondary N) is 3. The fourth-order valence-corrected chi connectivity index (χ4v) is 3.08. The van der Waals surface area contributed by atoms with Crippen LogP contribution in [0.25, 0.3) is 0 Å². The molecule has 0 aliphatic carbocycles. The van der Waals surface area contributed by atoms with Gasteiger partial charge in [-0.15, -0.1) is 12.4 Å². The van der Waals surface area contributed by atoms with Crippen LogP contribution in [0.3, 0.4) is 0 Å². The number of likely N-dealkylation sites (N-methyl/N-ethyl adjacent to an activating group) is 1. The lowest BCUT2D eigenvalue weighted by Crippen LogP contribution is -2.38. The number of halogens is 1. The van der Waals surface area contributed by atoms with Gasteiger partial charge in [-0.05, 0) is 26.1 Å². The van der Waals surface area contributed by atoms with Gasteiger partial charge in [-0.3, -0.25) is 14.5 Å². The van der Waals surface area contributed by atoms with Gasteiger partial charge >= 0.3 is 0 Å². The van der Waals surface area contributed by atoms with Gasteiger partial charge in [0.15, 0.2) is 0 Å². The number of nitrogens with zero attached hydrogens (tertiary/aromatic N) is 1. The van der Waals surface area contributed by atoms with Crippen LogP contribution in [-0.4, -0.2) is 46.3 Å². The Morgan fingerprint density at radius 2 is 2.05 bits per heavy atom. The van der Waals surface area contributed by atoms with Crippen molar-refractivity contribution in [2.24, 2.45) is 4.99 Å². The van der Waals surface area contributed by atoms with Crippen LogP contribution in [0.2, 0.25) is 0 Å². The molecule has 0 radical (unpaired) electrons. The number of fused-ring (bicyclic) bond motifs is 1. The second-order valence-electron chi connectivity index (χ2n) is 4.76. The van der Waals surface area contributed by atoms with E-state index >= 15 is 0 Å². The lowest BCUT2D eigenvalue weighted by atomic mass is 10.2. The summed E-state index contributed by atoms with van der Waals surface area (Å²) in [4.78, 5) is 15.9. The van der Waals surface area contributed by atoms with Gasteiger partial charge in [-0.2, -0.15) is 0 Å². The number of sulfonamides is 1. The molecule has 1 aliphatic rings. The molecular weight excluding hydrogens is 328 g/mol. The van der Waals surface area contributed by atoms with Gasteiger partial charge in [-0.1, -0.05) is 12.1 Å². The van der Waals surface area contributed by atoms with Crippen LogP contribution in [0, 0.1) is 0 Å². The minimum absolute atomic E-state index is 0. The van der Waals surface area contributed by atoms with Crippen molar-refractivity contribution in [3.8, 4) is 0 Å². The van der Waals surface area contributed by atoms with Crippen LogP contribution in [-0.2, 0) is 14.8 Å². The highest BCUT2D eigenvalue weighted by atomic mass is 35.5. The molecule has 2 rings (SSSR count). The van der Waals surface area contributed by atoms with E-state index in [0.717, 1.165) is 0 Å². The summed E-state index contributed by atoms with van der Waals surface area (Å²) < 4.78 is 26.1. The third kappa shape index (κ3) is 4.19. The van der Waals surface area contributed by atoms with Gasteiger partial charge in [0.1, 0.15) is 12.4 Å². The van der Waals surface area contributed by atoms with Gasteiger partial charge in [0.2, 0.25) is 5.91 Å². The number of aliphatic imine (C=N–C) groups is 1. The van der Waals surface area contributed by atoms with Crippen molar-refractivity contribution in [1.29, 1.82) is 0 Å². The van der Waals surface area contributed by atoms with Crippen molar-refractivity contribution in [2.45, 2.75) is 17.9 Å². The molecule has 1 aliphatic heterocycles. The zero-order valence-electron chi connectivity index (χ0n) is 12.3. The van der Waals surface area contributed by atoms with Crippen LogP contribution >= 0.6 is 12.4 Å². The molecule has 1 amide bonds. The molecule has 1 atom stereocenters. The van der Waals surface area contributed by atoms with Gasteiger partial charge < -0.3 is 10.6 Å². The third-order valence-electron chi connectivity index (χ3n) is 3.14. The summed E-state index contributed by atoms with van der Waals surface area (Å²) in [6.45, 7) is 2.30. The van der Waals surface area contributed by atoms with E-state index in [9.17, 15) is 13.2 Å². The predicted molar refractivity (Wildman–Crippen MR) is 86.9 cm³/mol. The molecule has 122 valence electrons. The summed E-state index contributed by atoms with van der Waals surface area (Å²) in [6, 6.07) is 6.70. The van der Waals surface area contributed by atoms with E-state index in [4.69, 9.17) is 0 Å². The third-order valence-corrected chi connectivity index (χ3v) is 4.54. The average Bonchev–Trinajstić information content (AvgIpc) is 2.74. The molecule has 1 aromatic carbocycles. The Balaban J connectivity index is 0.00000242. The molecule has 0 saturated carbocycles. The molecule has 9 heteroatoms. The zero-order valence-corrected chi connectivity index (χ0v) is 13.9. The van der Waals surface area contributed by atoms with E-state index in [1.807, 2.05) is 6.92 Å². The first kappa shape index (κ1) is 18.4. The van der Waals surface area contributed by atoms with Crippen LogP contribution in [0.15, 0.2) is 34.2 Å². The SMILES string of the molecule is CNC(C)CNC(=O)CN=C1NS(=O)(=O)c2ccccc21.Cl. The monoisotopic (exact) mass is 346 g/mol. The number of amidine groups is 1. The van der Waals surface area contributed by atoms with E-state index in [0.29, 0.717) is 12.1 Å². The summed E-state index contributed by atoms with van der Waals surface area (Å²) in [5.74, 6) is -0.0457.